The van der Waals surface area contributed by atoms with Crippen LogP contribution in [0, 0.1) is 0 Å². The number of nitrogens with zero attached hydrogens (tertiary/aromatic N) is 2. The molecule has 6 nitrogen and oxygen atoms in total. The fourth-order valence-corrected chi connectivity index (χ4v) is 1.97. The highest BCUT2D eigenvalue weighted by atomic mass is 16.6. The van der Waals surface area contributed by atoms with E-state index in [0.717, 1.165) is 11.4 Å². The van der Waals surface area contributed by atoms with Gasteiger partial charge < -0.3 is 10.1 Å². The average Bonchev–Trinajstić information content (AvgIpc) is 2.48. The number of carbonyl (C=O) groups is 1. The minimum Gasteiger partial charge on any atom is -0.444 e. The topological polar surface area (TPSA) is 76.1 Å². The summed E-state index contributed by atoms with van der Waals surface area (Å²) in [4.78, 5) is 20.3. The third kappa shape index (κ3) is 5.25. The smallest absolute Gasteiger partial charge is 0.412 e. The van der Waals surface area contributed by atoms with Crippen LogP contribution in [0.2, 0.25) is 0 Å². The van der Waals surface area contributed by atoms with E-state index in [1.54, 1.807) is 18.6 Å². The second-order valence-electron chi connectivity index (χ2n) is 6.17. The molecule has 1 atom stereocenters. The Hall–Kier alpha value is -2.63. The Morgan fingerprint density at radius 2 is 1.87 bits per heavy atom. The molecule has 0 saturated carbocycles. The summed E-state index contributed by atoms with van der Waals surface area (Å²) in [5, 5.41) is 6.09. The molecule has 2 rings (SSSR count). The first-order chi connectivity index (χ1) is 10.8. The molecule has 1 amide bonds. The zero-order chi connectivity index (χ0) is 16.9. The summed E-state index contributed by atoms with van der Waals surface area (Å²) in [7, 11) is 0. The quantitative estimate of drug-likeness (QED) is 0.892. The summed E-state index contributed by atoms with van der Waals surface area (Å²) in [6.45, 7) is 7.46. The number of ether oxygens (including phenoxy) is 1. The van der Waals surface area contributed by atoms with Crippen LogP contribution in [-0.4, -0.2) is 21.7 Å². The number of rotatable bonds is 4. The van der Waals surface area contributed by atoms with Crippen LogP contribution in [0.3, 0.4) is 0 Å². The third-order valence-electron chi connectivity index (χ3n) is 2.96. The number of aromatic nitrogens is 2. The molecule has 2 aromatic rings. The molecule has 0 aliphatic heterocycles. The van der Waals surface area contributed by atoms with Crippen molar-refractivity contribution in [1.29, 1.82) is 0 Å². The largest absolute Gasteiger partial charge is 0.444 e. The lowest BCUT2D eigenvalue weighted by Crippen LogP contribution is -2.27. The van der Waals surface area contributed by atoms with Crippen LogP contribution in [0.1, 0.15) is 39.4 Å². The van der Waals surface area contributed by atoms with Gasteiger partial charge in [-0.05, 0) is 39.8 Å². The normalized spacial score (nSPS) is 12.3. The molecule has 0 fully saturated rings. The van der Waals surface area contributed by atoms with Gasteiger partial charge in [0.25, 0.3) is 0 Å². The maximum Gasteiger partial charge on any atom is 0.412 e. The Balaban J connectivity index is 2.10. The van der Waals surface area contributed by atoms with Crippen LogP contribution in [0.15, 0.2) is 42.9 Å². The maximum atomic E-state index is 12.0. The fourth-order valence-electron chi connectivity index (χ4n) is 1.97. The summed E-state index contributed by atoms with van der Waals surface area (Å²) in [5.41, 5.74) is 1.72. The summed E-state index contributed by atoms with van der Waals surface area (Å²) >= 11 is 0. The van der Waals surface area contributed by atoms with E-state index in [2.05, 4.69) is 20.6 Å². The van der Waals surface area contributed by atoms with Crippen molar-refractivity contribution in [3.8, 4) is 0 Å². The molecule has 0 aliphatic rings. The third-order valence-corrected chi connectivity index (χ3v) is 2.96. The van der Waals surface area contributed by atoms with E-state index in [4.69, 9.17) is 4.74 Å². The molecule has 0 spiro atoms. The number of benzene rings is 1. The number of hydrogen-bond donors (Lipinski definition) is 2. The standard InChI is InChI=1S/C17H22N4O2/c1-12(15-11-18-9-10-19-15)20-13-7-5-6-8-14(13)21-16(22)23-17(2,3)4/h5-12,20H,1-4H3,(H,21,22). The van der Waals surface area contributed by atoms with Crippen molar-refractivity contribution in [2.24, 2.45) is 0 Å². The first-order valence-electron chi connectivity index (χ1n) is 7.46. The van der Waals surface area contributed by atoms with Gasteiger partial charge in [0, 0.05) is 12.4 Å². The Kier molecular flexibility index (Phi) is 5.16. The van der Waals surface area contributed by atoms with Gasteiger partial charge in [-0.2, -0.15) is 0 Å². The van der Waals surface area contributed by atoms with Crippen LogP contribution in [-0.2, 0) is 4.74 Å². The highest BCUT2D eigenvalue weighted by Gasteiger charge is 2.17. The van der Waals surface area contributed by atoms with E-state index in [1.807, 2.05) is 52.0 Å². The number of carbonyl (C=O) groups excluding carboxylic acids is 1. The highest BCUT2D eigenvalue weighted by Crippen LogP contribution is 2.25. The first kappa shape index (κ1) is 16.7. The van der Waals surface area contributed by atoms with Gasteiger partial charge in [-0.1, -0.05) is 12.1 Å². The Labute approximate surface area is 136 Å². The lowest BCUT2D eigenvalue weighted by molar-refractivity contribution is 0.0636. The van der Waals surface area contributed by atoms with E-state index in [1.165, 1.54) is 0 Å². The molecule has 0 bridgehead atoms. The fraction of sp³-hybridized carbons (Fsp3) is 0.353. The molecule has 1 aromatic carbocycles. The highest BCUT2D eigenvalue weighted by molar-refractivity contribution is 5.89. The maximum absolute atomic E-state index is 12.0. The summed E-state index contributed by atoms with van der Waals surface area (Å²) < 4.78 is 5.29. The van der Waals surface area contributed by atoms with Crippen molar-refractivity contribution in [3.05, 3.63) is 48.5 Å². The predicted molar refractivity (Wildman–Crippen MR) is 90.4 cm³/mol. The summed E-state index contributed by atoms with van der Waals surface area (Å²) in [6.07, 6.45) is 4.51. The van der Waals surface area contributed by atoms with Crippen molar-refractivity contribution in [3.63, 3.8) is 0 Å². The van der Waals surface area contributed by atoms with Crippen molar-refractivity contribution in [1.82, 2.24) is 9.97 Å². The summed E-state index contributed by atoms with van der Waals surface area (Å²) in [5.74, 6) is 0. The molecular weight excluding hydrogens is 292 g/mol. The van der Waals surface area contributed by atoms with Crippen LogP contribution in [0.25, 0.3) is 0 Å². The lowest BCUT2D eigenvalue weighted by Gasteiger charge is -2.21. The van der Waals surface area contributed by atoms with Crippen molar-refractivity contribution < 1.29 is 9.53 Å². The number of hydrogen-bond acceptors (Lipinski definition) is 5. The van der Waals surface area contributed by atoms with Gasteiger partial charge in [-0.25, -0.2) is 4.79 Å². The van der Waals surface area contributed by atoms with Crippen molar-refractivity contribution >= 4 is 17.5 Å². The van der Waals surface area contributed by atoms with Crippen molar-refractivity contribution in [2.45, 2.75) is 39.3 Å². The number of anilines is 2. The molecule has 0 saturated heterocycles. The molecule has 0 radical (unpaired) electrons. The van der Waals surface area contributed by atoms with E-state index < -0.39 is 11.7 Å². The summed E-state index contributed by atoms with van der Waals surface area (Å²) in [6, 6.07) is 7.40. The van der Waals surface area contributed by atoms with Crippen LogP contribution in [0.5, 0.6) is 0 Å². The van der Waals surface area contributed by atoms with Gasteiger partial charge in [0.05, 0.1) is 29.3 Å². The van der Waals surface area contributed by atoms with Gasteiger partial charge in [0.1, 0.15) is 5.60 Å². The first-order valence-corrected chi connectivity index (χ1v) is 7.46. The number of amides is 1. The zero-order valence-electron chi connectivity index (χ0n) is 13.8. The van der Waals surface area contributed by atoms with E-state index in [9.17, 15) is 4.79 Å². The molecule has 122 valence electrons. The molecule has 0 aliphatic carbocycles. The molecule has 1 aromatic heterocycles. The van der Waals surface area contributed by atoms with Gasteiger partial charge in [0.2, 0.25) is 0 Å². The van der Waals surface area contributed by atoms with Crippen LogP contribution in [0.4, 0.5) is 16.2 Å². The number of nitrogens with one attached hydrogen (secondary N) is 2. The second kappa shape index (κ2) is 7.09. The molecule has 6 heteroatoms. The van der Waals surface area contributed by atoms with Crippen LogP contribution < -0.4 is 10.6 Å². The van der Waals surface area contributed by atoms with E-state index >= 15 is 0 Å². The Bertz CT molecular complexity index is 653. The lowest BCUT2D eigenvalue weighted by atomic mass is 10.2. The Morgan fingerprint density at radius 1 is 1.17 bits per heavy atom. The molecule has 1 unspecified atom stereocenters. The molecule has 23 heavy (non-hydrogen) atoms. The molecule has 1 heterocycles. The monoisotopic (exact) mass is 314 g/mol. The molecular formula is C17H22N4O2. The van der Waals surface area contributed by atoms with E-state index in [-0.39, 0.29) is 6.04 Å². The minimum atomic E-state index is -0.542. The number of para-hydroxylation sites is 2. The average molecular weight is 314 g/mol. The Morgan fingerprint density at radius 3 is 2.48 bits per heavy atom. The van der Waals surface area contributed by atoms with Gasteiger partial charge in [0.15, 0.2) is 0 Å². The second-order valence-corrected chi connectivity index (χ2v) is 6.17. The van der Waals surface area contributed by atoms with Crippen LogP contribution >= 0.6 is 0 Å². The van der Waals surface area contributed by atoms with Crippen molar-refractivity contribution in [2.75, 3.05) is 10.6 Å². The van der Waals surface area contributed by atoms with Gasteiger partial charge in [-0.15, -0.1) is 0 Å². The molecule has 2 N–H and O–H groups in total. The minimum absolute atomic E-state index is 0.0507. The van der Waals surface area contributed by atoms with Gasteiger partial charge in [-0.3, -0.25) is 15.3 Å². The SMILES string of the molecule is CC(Nc1ccccc1NC(=O)OC(C)(C)C)c1cnccn1. The van der Waals surface area contributed by atoms with E-state index in [0.29, 0.717) is 5.69 Å². The van der Waals surface area contributed by atoms with Gasteiger partial charge >= 0.3 is 6.09 Å². The zero-order valence-corrected chi connectivity index (χ0v) is 13.8. The predicted octanol–water partition coefficient (Wildman–Crippen LogP) is 4.00.